The molecule has 1 N–H and O–H groups in total. The van der Waals surface area contributed by atoms with Crippen LogP contribution < -0.4 is 0 Å². The van der Waals surface area contributed by atoms with Crippen molar-refractivity contribution in [2.24, 2.45) is 5.92 Å². The van der Waals surface area contributed by atoms with E-state index >= 15 is 0 Å². The molecular weight excluding hydrogens is 276 g/mol. The van der Waals surface area contributed by atoms with Crippen LogP contribution in [-0.4, -0.2) is 53.1 Å². The summed E-state index contributed by atoms with van der Waals surface area (Å²) < 4.78 is 0. The van der Waals surface area contributed by atoms with Gasteiger partial charge in [-0.25, -0.2) is 0 Å². The minimum atomic E-state index is -0.0378. The first-order valence-corrected chi connectivity index (χ1v) is 8.26. The van der Waals surface area contributed by atoms with Crippen LogP contribution in [0.2, 0.25) is 0 Å². The number of aliphatic hydroxyl groups excluding tert-OH is 1. The summed E-state index contributed by atoms with van der Waals surface area (Å²) in [7, 11) is 0. The molecule has 1 amide bonds. The summed E-state index contributed by atoms with van der Waals surface area (Å²) in [6.45, 7) is 7.58. The van der Waals surface area contributed by atoms with Crippen molar-refractivity contribution < 1.29 is 9.90 Å². The number of benzene rings is 1. The van der Waals surface area contributed by atoms with Gasteiger partial charge < -0.3 is 10.0 Å². The molecule has 1 aliphatic rings. The zero-order valence-corrected chi connectivity index (χ0v) is 13.7. The zero-order valence-electron chi connectivity index (χ0n) is 13.7. The monoisotopic (exact) mass is 304 g/mol. The predicted octanol–water partition coefficient (Wildman–Crippen LogP) is 2.13. The molecule has 0 spiro atoms. The molecule has 1 fully saturated rings. The molecule has 0 bridgehead atoms. The van der Waals surface area contributed by atoms with E-state index < -0.39 is 0 Å². The number of hydrogen-bond donors (Lipinski definition) is 1. The van der Waals surface area contributed by atoms with Crippen LogP contribution in [0, 0.1) is 5.92 Å². The molecule has 0 saturated carbocycles. The van der Waals surface area contributed by atoms with Gasteiger partial charge >= 0.3 is 0 Å². The van der Waals surface area contributed by atoms with E-state index in [1.807, 2.05) is 11.0 Å². The molecule has 0 aromatic heterocycles. The summed E-state index contributed by atoms with van der Waals surface area (Å²) in [5.41, 5.74) is 1.28. The Hall–Kier alpha value is -1.39. The topological polar surface area (TPSA) is 43.8 Å². The van der Waals surface area contributed by atoms with Crippen LogP contribution in [0.1, 0.15) is 32.3 Å². The van der Waals surface area contributed by atoms with Gasteiger partial charge in [-0.05, 0) is 17.9 Å². The fourth-order valence-corrected chi connectivity index (χ4v) is 3.11. The lowest BCUT2D eigenvalue weighted by Crippen LogP contribution is -2.44. The van der Waals surface area contributed by atoms with E-state index in [2.05, 4.69) is 43.0 Å². The van der Waals surface area contributed by atoms with Gasteiger partial charge in [-0.2, -0.15) is 0 Å². The summed E-state index contributed by atoms with van der Waals surface area (Å²) in [5, 5.41) is 9.63. The number of aliphatic hydroxyl groups is 1. The zero-order chi connectivity index (χ0) is 15.9. The van der Waals surface area contributed by atoms with Crippen LogP contribution >= 0.6 is 0 Å². The van der Waals surface area contributed by atoms with Crippen molar-refractivity contribution in [2.45, 2.75) is 39.3 Å². The van der Waals surface area contributed by atoms with Crippen molar-refractivity contribution >= 4 is 5.91 Å². The normalized spacial score (nSPS) is 18.5. The number of amides is 1. The first-order valence-electron chi connectivity index (χ1n) is 8.26. The predicted molar refractivity (Wildman–Crippen MR) is 88.4 cm³/mol. The van der Waals surface area contributed by atoms with Crippen LogP contribution in [0.15, 0.2) is 30.3 Å². The third-order valence-corrected chi connectivity index (χ3v) is 4.26. The Morgan fingerprint density at radius 2 is 1.86 bits per heavy atom. The molecule has 0 unspecified atom stereocenters. The van der Waals surface area contributed by atoms with Crippen molar-refractivity contribution in [1.82, 2.24) is 9.80 Å². The standard InChI is InChI=1S/C18H28N2O2/c1-15(2)12-17(14-21)20-11-10-19(9-8-18(20)22)13-16-6-4-3-5-7-16/h3-7,15,17,21H,8-14H2,1-2H3/t17-/m0/s1. The molecule has 4 nitrogen and oxygen atoms in total. The van der Waals surface area contributed by atoms with Gasteiger partial charge in [-0.1, -0.05) is 44.2 Å². The third kappa shape index (κ3) is 4.82. The lowest BCUT2D eigenvalue weighted by atomic mass is 10.0. The van der Waals surface area contributed by atoms with Crippen LogP contribution in [0.4, 0.5) is 0 Å². The maximum atomic E-state index is 12.4. The first kappa shape index (κ1) is 17.0. The highest BCUT2D eigenvalue weighted by atomic mass is 16.3. The minimum absolute atomic E-state index is 0.0378. The van der Waals surface area contributed by atoms with E-state index in [1.165, 1.54) is 5.56 Å². The highest BCUT2D eigenvalue weighted by Crippen LogP contribution is 2.16. The maximum Gasteiger partial charge on any atom is 0.224 e. The van der Waals surface area contributed by atoms with E-state index in [1.54, 1.807) is 0 Å². The molecule has 1 aromatic rings. The Kier molecular flexibility index (Phi) is 6.40. The van der Waals surface area contributed by atoms with Gasteiger partial charge in [-0.15, -0.1) is 0 Å². The molecule has 1 saturated heterocycles. The van der Waals surface area contributed by atoms with Gasteiger partial charge in [-0.3, -0.25) is 9.69 Å². The largest absolute Gasteiger partial charge is 0.394 e. The maximum absolute atomic E-state index is 12.4. The Bertz CT molecular complexity index is 461. The number of carbonyl (C=O) groups excluding carboxylic acids is 1. The van der Waals surface area contributed by atoms with Crippen LogP contribution in [-0.2, 0) is 11.3 Å². The average molecular weight is 304 g/mol. The van der Waals surface area contributed by atoms with Gasteiger partial charge in [0.25, 0.3) is 0 Å². The molecule has 2 rings (SSSR count). The second kappa shape index (κ2) is 8.30. The van der Waals surface area contributed by atoms with E-state index in [4.69, 9.17) is 0 Å². The fourth-order valence-electron chi connectivity index (χ4n) is 3.11. The van der Waals surface area contributed by atoms with Crippen molar-refractivity contribution in [3.05, 3.63) is 35.9 Å². The lowest BCUT2D eigenvalue weighted by molar-refractivity contribution is -0.133. The second-order valence-corrected chi connectivity index (χ2v) is 6.56. The van der Waals surface area contributed by atoms with Gasteiger partial charge in [0.2, 0.25) is 5.91 Å². The SMILES string of the molecule is CC(C)C[C@@H](CO)N1CCN(Cc2ccccc2)CCC1=O. The Morgan fingerprint density at radius 3 is 2.50 bits per heavy atom. The molecule has 0 radical (unpaired) electrons. The summed E-state index contributed by atoms with van der Waals surface area (Å²) in [6.07, 6.45) is 1.41. The molecule has 1 aromatic carbocycles. The van der Waals surface area contributed by atoms with E-state index in [0.29, 0.717) is 18.9 Å². The molecule has 0 aliphatic carbocycles. The smallest absolute Gasteiger partial charge is 0.224 e. The number of rotatable bonds is 6. The number of hydrogen-bond acceptors (Lipinski definition) is 3. The molecule has 4 heteroatoms. The van der Waals surface area contributed by atoms with Gasteiger partial charge in [0.05, 0.1) is 12.6 Å². The van der Waals surface area contributed by atoms with E-state index in [9.17, 15) is 9.90 Å². The number of carbonyl (C=O) groups is 1. The fraction of sp³-hybridized carbons (Fsp3) is 0.611. The summed E-state index contributed by atoms with van der Waals surface area (Å²) >= 11 is 0. The second-order valence-electron chi connectivity index (χ2n) is 6.56. The van der Waals surface area contributed by atoms with Crippen LogP contribution in [0.5, 0.6) is 0 Å². The summed E-state index contributed by atoms with van der Waals surface area (Å²) in [4.78, 5) is 16.6. The summed E-state index contributed by atoms with van der Waals surface area (Å²) in [5.74, 6) is 0.656. The first-order chi connectivity index (χ1) is 10.6. The van der Waals surface area contributed by atoms with Crippen molar-refractivity contribution in [3.63, 3.8) is 0 Å². The van der Waals surface area contributed by atoms with Gasteiger partial charge in [0, 0.05) is 32.6 Å². The Morgan fingerprint density at radius 1 is 1.14 bits per heavy atom. The van der Waals surface area contributed by atoms with Crippen molar-refractivity contribution in [2.75, 3.05) is 26.2 Å². The molecule has 22 heavy (non-hydrogen) atoms. The van der Waals surface area contributed by atoms with Crippen LogP contribution in [0.25, 0.3) is 0 Å². The molecule has 1 atom stereocenters. The average Bonchev–Trinajstić information content (AvgIpc) is 2.68. The number of nitrogens with zero attached hydrogens (tertiary/aromatic N) is 2. The third-order valence-electron chi connectivity index (χ3n) is 4.26. The Balaban J connectivity index is 1.96. The molecular formula is C18H28N2O2. The van der Waals surface area contributed by atoms with E-state index in [0.717, 1.165) is 26.1 Å². The molecule has 1 heterocycles. The molecule has 1 aliphatic heterocycles. The lowest BCUT2D eigenvalue weighted by Gasteiger charge is -2.31. The van der Waals surface area contributed by atoms with Gasteiger partial charge in [0.15, 0.2) is 0 Å². The highest BCUT2D eigenvalue weighted by molar-refractivity contribution is 5.77. The van der Waals surface area contributed by atoms with E-state index in [-0.39, 0.29) is 18.6 Å². The Labute approximate surface area is 133 Å². The molecule has 122 valence electrons. The van der Waals surface area contributed by atoms with Crippen LogP contribution in [0.3, 0.4) is 0 Å². The summed E-state index contributed by atoms with van der Waals surface area (Å²) in [6, 6.07) is 10.3. The van der Waals surface area contributed by atoms with Crippen molar-refractivity contribution in [3.8, 4) is 0 Å². The van der Waals surface area contributed by atoms with Crippen molar-refractivity contribution in [1.29, 1.82) is 0 Å². The highest BCUT2D eigenvalue weighted by Gasteiger charge is 2.27. The minimum Gasteiger partial charge on any atom is -0.394 e. The quantitative estimate of drug-likeness (QED) is 0.875. The van der Waals surface area contributed by atoms with Gasteiger partial charge in [0.1, 0.15) is 0 Å².